The monoisotopic (exact) mass is 480 g/mol. The number of hydrogen-bond donors (Lipinski definition) is 0. The zero-order valence-corrected chi connectivity index (χ0v) is 24.3. The van der Waals surface area contributed by atoms with Crippen molar-refractivity contribution in [2.75, 3.05) is 13.2 Å². The van der Waals surface area contributed by atoms with E-state index < -0.39 is 0 Å². The Labute approximate surface area is 212 Å². The van der Waals surface area contributed by atoms with E-state index in [0.29, 0.717) is 0 Å². The van der Waals surface area contributed by atoms with Gasteiger partial charge in [0.15, 0.2) is 6.29 Å². The van der Waals surface area contributed by atoms with Crippen molar-refractivity contribution in [3.05, 3.63) is 46.6 Å². The molecule has 0 saturated carbocycles. The van der Waals surface area contributed by atoms with Crippen LogP contribution in [0.15, 0.2) is 46.6 Å². The van der Waals surface area contributed by atoms with Gasteiger partial charge in [-0.1, -0.05) is 61.1 Å². The average molecular weight is 481 g/mol. The molecule has 0 heterocycles. The van der Waals surface area contributed by atoms with E-state index in [1.54, 1.807) is 12.2 Å². The predicted octanol–water partition coefficient (Wildman–Crippen LogP) is 8.97. The van der Waals surface area contributed by atoms with Gasteiger partial charge in [-0.15, -0.1) is 0 Å². The molecule has 0 fully saturated rings. The average Bonchev–Trinajstić information content (AvgIpc) is 2.75. The molecule has 0 amide bonds. The number of aldehydes is 2. The van der Waals surface area contributed by atoms with Gasteiger partial charge in [-0.25, -0.2) is 0 Å². The summed E-state index contributed by atoms with van der Waals surface area (Å²) in [6.07, 6.45) is 16.0. The number of carbonyl (C=O) groups excluding carboxylic acids is 2. The fourth-order valence-corrected chi connectivity index (χ4v) is 2.09. The van der Waals surface area contributed by atoms with E-state index in [1.165, 1.54) is 24.0 Å². The summed E-state index contributed by atoms with van der Waals surface area (Å²) >= 11 is 0. The van der Waals surface area contributed by atoms with Crippen LogP contribution in [0.3, 0.4) is 0 Å². The van der Waals surface area contributed by atoms with Crippen molar-refractivity contribution in [1.29, 1.82) is 0 Å². The van der Waals surface area contributed by atoms with Gasteiger partial charge in [0.05, 0.1) is 0 Å². The Morgan fingerprint density at radius 2 is 0.971 bits per heavy atom. The fourth-order valence-electron chi connectivity index (χ4n) is 2.09. The molecule has 0 saturated heterocycles. The molecular weight excluding hydrogens is 424 g/mol. The lowest BCUT2D eigenvalue weighted by Gasteiger charge is -2.09. The molecule has 0 aliphatic heterocycles. The second-order valence-corrected chi connectivity index (χ2v) is 8.42. The summed E-state index contributed by atoms with van der Waals surface area (Å²) in [6, 6.07) is 0. The maximum absolute atomic E-state index is 10.0. The van der Waals surface area contributed by atoms with Gasteiger partial charge < -0.3 is 9.47 Å². The lowest BCUT2D eigenvalue weighted by Crippen LogP contribution is -2.11. The Morgan fingerprint density at radius 1 is 0.647 bits per heavy atom. The van der Waals surface area contributed by atoms with E-state index in [2.05, 4.69) is 53.7 Å². The molecule has 0 radical (unpaired) electrons. The Kier molecular flexibility index (Phi) is 38.7. The smallest absolute Gasteiger partial charge is 0.154 e. The molecule has 0 rings (SSSR count). The number of allylic oxidation sites excluding steroid dienone is 8. The number of ether oxygens (including phenoxy) is 2. The quantitative estimate of drug-likeness (QED) is 0.114. The number of rotatable bonds is 13. The number of hydrogen-bond acceptors (Lipinski definition) is 4. The zero-order valence-electron chi connectivity index (χ0n) is 24.3. The first-order valence-electron chi connectivity index (χ1n) is 12.8. The minimum Gasteiger partial charge on any atom is -0.353 e. The van der Waals surface area contributed by atoms with Crippen molar-refractivity contribution in [3.63, 3.8) is 0 Å². The molecule has 4 nitrogen and oxygen atoms in total. The SMILES string of the molecule is CC(C)=CCC/C(C)=C/C=O.CC(C)=CCC/C(C)=C\C=O.CCCC.CCOC(C)OCC. The third-order valence-corrected chi connectivity index (χ3v) is 4.19. The lowest BCUT2D eigenvalue weighted by atomic mass is 10.1. The first kappa shape index (κ1) is 39.4. The highest BCUT2D eigenvalue weighted by Crippen LogP contribution is 2.05. The van der Waals surface area contributed by atoms with Crippen molar-refractivity contribution in [1.82, 2.24) is 0 Å². The van der Waals surface area contributed by atoms with Gasteiger partial charge in [0.1, 0.15) is 12.6 Å². The van der Waals surface area contributed by atoms with Crippen molar-refractivity contribution in [2.24, 2.45) is 0 Å². The van der Waals surface area contributed by atoms with Gasteiger partial charge in [0, 0.05) is 13.2 Å². The molecule has 0 aliphatic carbocycles. The molecule has 0 N–H and O–H groups in total. The van der Waals surface area contributed by atoms with Gasteiger partial charge in [-0.2, -0.15) is 0 Å². The minimum atomic E-state index is -0.0370. The highest BCUT2D eigenvalue weighted by atomic mass is 16.7. The van der Waals surface area contributed by atoms with Crippen molar-refractivity contribution in [3.8, 4) is 0 Å². The highest BCUT2D eigenvalue weighted by Gasteiger charge is 1.94. The predicted molar refractivity (Wildman–Crippen MR) is 150 cm³/mol. The summed E-state index contributed by atoms with van der Waals surface area (Å²) in [5.74, 6) is 0. The summed E-state index contributed by atoms with van der Waals surface area (Å²) in [7, 11) is 0. The van der Waals surface area contributed by atoms with Crippen LogP contribution in [-0.4, -0.2) is 32.1 Å². The van der Waals surface area contributed by atoms with E-state index in [4.69, 9.17) is 9.47 Å². The first-order chi connectivity index (χ1) is 16.1. The molecule has 4 heteroatoms. The Hall–Kier alpha value is -1.78. The third kappa shape index (κ3) is 47.9. The molecule has 0 atom stereocenters. The largest absolute Gasteiger partial charge is 0.353 e. The van der Waals surface area contributed by atoms with Crippen LogP contribution in [0.2, 0.25) is 0 Å². The van der Waals surface area contributed by atoms with Gasteiger partial charge in [0.2, 0.25) is 0 Å². The van der Waals surface area contributed by atoms with Crippen LogP contribution < -0.4 is 0 Å². The summed E-state index contributed by atoms with van der Waals surface area (Å²) in [5.41, 5.74) is 4.97. The lowest BCUT2D eigenvalue weighted by molar-refractivity contribution is -0.123. The van der Waals surface area contributed by atoms with E-state index in [1.807, 2.05) is 34.6 Å². The van der Waals surface area contributed by atoms with Crippen molar-refractivity contribution >= 4 is 12.6 Å². The van der Waals surface area contributed by atoms with E-state index in [9.17, 15) is 9.59 Å². The molecule has 34 heavy (non-hydrogen) atoms. The number of unbranched alkanes of at least 4 members (excludes halogenated alkanes) is 1. The van der Waals surface area contributed by atoms with Crippen LogP contribution in [0.5, 0.6) is 0 Å². The second-order valence-electron chi connectivity index (χ2n) is 8.42. The van der Waals surface area contributed by atoms with Crippen LogP contribution in [0, 0.1) is 0 Å². The van der Waals surface area contributed by atoms with Crippen molar-refractivity contribution in [2.45, 2.75) is 121 Å². The fraction of sp³-hybridized carbons (Fsp3) is 0.667. The summed E-state index contributed by atoms with van der Waals surface area (Å²) in [6.45, 7) is 23.9. The van der Waals surface area contributed by atoms with Crippen molar-refractivity contribution < 1.29 is 19.1 Å². The van der Waals surface area contributed by atoms with Crippen LogP contribution in [0.4, 0.5) is 0 Å². The third-order valence-electron chi connectivity index (χ3n) is 4.19. The molecule has 0 aromatic rings. The molecule has 0 aromatic heterocycles. The molecule has 0 bridgehead atoms. The molecule has 0 spiro atoms. The van der Waals surface area contributed by atoms with Crippen LogP contribution in [0.1, 0.15) is 115 Å². The normalized spacial score (nSPS) is 10.5. The topological polar surface area (TPSA) is 52.6 Å². The Bertz CT molecular complexity index is 510. The van der Waals surface area contributed by atoms with Crippen LogP contribution in [-0.2, 0) is 19.1 Å². The Balaban J connectivity index is -0.000000186. The van der Waals surface area contributed by atoms with Crippen LogP contribution in [0.25, 0.3) is 0 Å². The molecule has 0 aromatic carbocycles. The zero-order chi connectivity index (χ0) is 27.2. The molecule has 200 valence electrons. The Morgan fingerprint density at radius 3 is 1.18 bits per heavy atom. The van der Waals surface area contributed by atoms with E-state index in [-0.39, 0.29) is 6.29 Å². The standard InChI is InChI=1S/2C10H16O.C6H14O2.C4H10/c2*1-9(2)5-4-6-10(3)7-8-11;1-4-7-6(3)8-5-2;1-3-4-2/h2*5,7-8H,4,6H2,1-3H3;6H,4-5H2,1-3H3;3-4H2,1-2H3/b10-7+;10-7-;;. The molecular formula is C30H56O4. The number of carbonyl (C=O) groups is 2. The van der Waals surface area contributed by atoms with Gasteiger partial charge in [-0.3, -0.25) is 9.59 Å². The van der Waals surface area contributed by atoms with Crippen LogP contribution >= 0.6 is 0 Å². The van der Waals surface area contributed by atoms with Gasteiger partial charge in [-0.05, 0) is 100 Å². The van der Waals surface area contributed by atoms with E-state index in [0.717, 1.165) is 62.6 Å². The maximum Gasteiger partial charge on any atom is 0.154 e. The maximum atomic E-state index is 10.0. The molecule has 0 aliphatic rings. The summed E-state index contributed by atoms with van der Waals surface area (Å²) in [5, 5.41) is 0. The minimum absolute atomic E-state index is 0.0370. The second kappa shape index (κ2) is 33.4. The molecule has 0 unspecified atom stereocenters. The summed E-state index contributed by atoms with van der Waals surface area (Å²) < 4.78 is 10.1. The summed E-state index contributed by atoms with van der Waals surface area (Å²) in [4.78, 5) is 20.0. The van der Waals surface area contributed by atoms with E-state index >= 15 is 0 Å². The first-order valence-corrected chi connectivity index (χ1v) is 12.8. The van der Waals surface area contributed by atoms with Gasteiger partial charge >= 0.3 is 0 Å². The highest BCUT2D eigenvalue weighted by molar-refractivity contribution is 5.66. The van der Waals surface area contributed by atoms with Gasteiger partial charge in [0.25, 0.3) is 0 Å².